The van der Waals surface area contributed by atoms with Crippen LogP contribution >= 0.6 is 23.1 Å². The molecule has 0 unspecified atom stereocenters. The summed E-state index contributed by atoms with van der Waals surface area (Å²) in [7, 11) is 0. The van der Waals surface area contributed by atoms with Crippen molar-refractivity contribution in [2.45, 2.75) is 50.9 Å². The van der Waals surface area contributed by atoms with Gasteiger partial charge >= 0.3 is 0 Å². The second kappa shape index (κ2) is 7.48. The normalized spacial score (nSPS) is 13.9. The maximum atomic E-state index is 12.4. The second-order valence-electron chi connectivity index (χ2n) is 5.75. The Hall–Kier alpha value is -1.67. The number of nitrogens with one attached hydrogen (secondary N) is 1. The summed E-state index contributed by atoms with van der Waals surface area (Å²) in [4.78, 5) is 25.0. The average molecular weight is 364 g/mol. The zero-order valence-electron chi connectivity index (χ0n) is 13.7. The number of thioether (sulfide) groups is 1. The van der Waals surface area contributed by atoms with Crippen molar-refractivity contribution in [3.63, 3.8) is 0 Å². The molecule has 1 aliphatic carbocycles. The van der Waals surface area contributed by atoms with E-state index in [1.807, 2.05) is 12.1 Å². The lowest BCUT2D eigenvalue weighted by Gasteiger charge is -2.05. The van der Waals surface area contributed by atoms with Gasteiger partial charge in [-0.25, -0.2) is 0 Å². The molecule has 0 atom stereocenters. The van der Waals surface area contributed by atoms with Gasteiger partial charge in [0.25, 0.3) is 0 Å². The first-order valence-electron chi connectivity index (χ1n) is 8.00. The van der Waals surface area contributed by atoms with Gasteiger partial charge in [-0.2, -0.15) is 0 Å². The predicted octanol–water partition coefficient (Wildman–Crippen LogP) is 2.85. The molecule has 0 spiro atoms. The third-order valence-corrected chi connectivity index (χ3v) is 5.88. The SMILES string of the molecule is CCn1c(SCC(=O)c2ccc(CNC(C)=O)s2)nnc1C1CC1. The Morgan fingerprint density at radius 1 is 1.38 bits per heavy atom. The summed E-state index contributed by atoms with van der Waals surface area (Å²) in [5, 5.41) is 12.1. The van der Waals surface area contributed by atoms with Crippen LogP contribution in [0.25, 0.3) is 0 Å². The zero-order chi connectivity index (χ0) is 17.1. The fourth-order valence-corrected chi connectivity index (χ4v) is 4.25. The van der Waals surface area contributed by atoms with E-state index in [0.717, 1.165) is 22.4 Å². The van der Waals surface area contributed by atoms with Gasteiger partial charge in [-0.1, -0.05) is 11.8 Å². The molecule has 1 N–H and O–H groups in total. The molecule has 1 fully saturated rings. The molecule has 1 saturated carbocycles. The van der Waals surface area contributed by atoms with Gasteiger partial charge in [0, 0.05) is 24.3 Å². The van der Waals surface area contributed by atoms with E-state index in [0.29, 0.717) is 23.1 Å². The molecule has 3 rings (SSSR count). The highest BCUT2D eigenvalue weighted by Crippen LogP contribution is 2.40. The van der Waals surface area contributed by atoms with E-state index < -0.39 is 0 Å². The van der Waals surface area contributed by atoms with Crippen molar-refractivity contribution >= 4 is 34.8 Å². The largest absolute Gasteiger partial charge is 0.351 e. The number of carbonyl (C=O) groups is 2. The van der Waals surface area contributed by atoms with Gasteiger partial charge in [-0.05, 0) is 31.9 Å². The molecule has 8 heteroatoms. The van der Waals surface area contributed by atoms with Crippen molar-refractivity contribution in [2.24, 2.45) is 0 Å². The van der Waals surface area contributed by atoms with Gasteiger partial charge in [0.05, 0.1) is 17.2 Å². The van der Waals surface area contributed by atoms with Crippen molar-refractivity contribution in [3.8, 4) is 0 Å². The maximum Gasteiger partial charge on any atom is 0.217 e. The lowest BCUT2D eigenvalue weighted by atomic mass is 10.3. The van der Waals surface area contributed by atoms with Crippen LogP contribution in [0.5, 0.6) is 0 Å². The van der Waals surface area contributed by atoms with Crippen molar-refractivity contribution in [2.75, 3.05) is 5.75 Å². The highest BCUT2D eigenvalue weighted by molar-refractivity contribution is 7.99. The van der Waals surface area contributed by atoms with Crippen LogP contribution in [0.3, 0.4) is 0 Å². The molecule has 0 aliphatic heterocycles. The molecule has 6 nitrogen and oxygen atoms in total. The van der Waals surface area contributed by atoms with Crippen LogP contribution in [0.4, 0.5) is 0 Å². The molecule has 0 radical (unpaired) electrons. The van der Waals surface area contributed by atoms with E-state index in [9.17, 15) is 9.59 Å². The smallest absolute Gasteiger partial charge is 0.217 e. The Bertz CT molecular complexity index is 749. The van der Waals surface area contributed by atoms with Crippen molar-refractivity contribution in [1.82, 2.24) is 20.1 Å². The summed E-state index contributed by atoms with van der Waals surface area (Å²) in [5.74, 6) is 1.97. The number of Topliss-reactive ketones (excluding diaryl/α,β-unsaturated/α-hetero) is 1. The molecule has 24 heavy (non-hydrogen) atoms. The van der Waals surface area contributed by atoms with E-state index in [4.69, 9.17) is 0 Å². The van der Waals surface area contributed by atoms with E-state index in [1.165, 1.54) is 42.9 Å². The van der Waals surface area contributed by atoms with Crippen LogP contribution in [0.15, 0.2) is 17.3 Å². The second-order valence-corrected chi connectivity index (χ2v) is 7.86. The van der Waals surface area contributed by atoms with E-state index in [1.54, 1.807) is 0 Å². The summed E-state index contributed by atoms with van der Waals surface area (Å²) < 4.78 is 2.12. The monoisotopic (exact) mass is 364 g/mol. The van der Waals surface area contributed by atoms with Crippen molar-refractivity contribution < 1.29 is 9.59 Å². The summed E-state index contributed by atoms with van der Waals surface area (Å²) in [6.45, 7) is 4.86. The fourth-order valence-electron chi connectivity index (χ4n) is 2.38. The van der Waals surface area contributed by atoms with Gasteiger partial charge < -0.3 is 9.88 Å². The summed E-state index contributed by atoms with van der Waals surface area (Å²) >= 11 is 2.87. The molecule has 2 aromatic rings. The lowest BCUT2D eigenvalue weighted by molar-refractivity contribution is -0.119. The van der Waals surface area contributed by atoms with E-state index >= 15 is 0 Å². The number of thiophene rings is 1. The highest BCUT2D eigenvalue weighted by atomic mass is 32.2. The standard InChI is InChI=1S/C16H20N4O2S2/c1-3-20-15(11-4-5-11)18-19-16(20)23-9-13(22)14-7-6-12(24-14)8-17-10(2)21/h6-7,11H,3-5,8-9H2,1-2H3,(H,17,21). The molecule has 0 aromatic carbocycles. The number of nitrogens with zero attached hydrogens (tertiary/aromatic N) is 3. The van der Waals surface area contributed by atoms with Crippen LogP contribution in [-0.2, 0) is 17.9 Å². The predicted molar refractivity (Wildman–Crippen MR) is 94.6 cm³/mol. The third-order valence-electron chi connectivity index (χ3n) is 3.78. The Balaban J connectivity index is 1.58. The Morgan fingerprint density at radius 2 is 2.17 bits per heavy atom. The highest BCUT2D eigenvalue weighted by Gasteiger charge is 2.30. The number of hydrogen-bond donors (Lipinski definition) is 1. The minimum Gasteiger partial charge on any atom is -0.351 e. The Morgan fingerprint density at radius 3 is 2.83 bits per heavy atom. The average Bonchev–Trinajstić information content (AvgIpc) is 3.15. The van der Waals surface area contributed by atoms with Crippen LogP contribution < -0.4 is 5.32 Å². The quantitative estimate of drug-likeness (QED) is 0.576. The first-order chi connectivity index (χ1) is 11.6. The number of aromatic nitrogens is 3. The van der Waals surface area contributed by atoms with Crippen molar-refractivity contribution in [1.29, 1.82) is 0 Å². The number of amides is 1. The number of carbonyl (C=O) groups excluding carboxylic acids is 2. The molecule has 0 bridgehead atoms. The molecule has 2 heterocycles. The van der Waals surface area contributed by atoms with Crippen LogP contribution in [0.2, 0.25) is 0 Å². The molecule has 2 aromatic heterocycles. The molecular formula is C16H20N4O2S2. The molecule has 1 aliphatic rings. The number of rotatable bonds is 8. The Labute approximate surface area is 149 Å². The lowest BCUT2D eigenvalue weighted by Crippen LogP contribution is -2.18. The zero-order valence-corrected chi connectivity index (χ0v) is 15.4. The van der Waals surface area contributed by atoms with Crippen LogP contribution in [0, 0.1) is 0 Å². The summed E-state index contributed by atoms with van der Waals surface area (Å²) in [5.41, 5.74) is 0. The third kappa shape index (κ3) is 4.05. The number of hydrogen-bond acceptors (Lipinski definition) is 6. The van der Waals surface area contributed by atoms with Gasteiger partial charge in [0.2, 0.25) is 5.91 Å². The maximum absolute atomic E-state index is 12.4. The molecular weight excluding hydrogens is 344 g/mol. The van der Waals surface area contributed by atoms with Gasteiger partial charge in [-0.3, -0.25) is 9.59 Å². The van der Waals surface area contributed by atoms with Crippen molar-refractivity contribution in [3.05, 3.63) is 27.7 Å². The summed E-state index contributed by atoms with van der Waals surface area (Å²) in [6.07, 6.45) is 2.38. The van der Waals surface area contributed by atoms with Crippen LogP contribution in [0.1, 0.15) is 53.0 Å². The minimum absolute atomic E-state index is 0.0720. The minimum atomic E-state index is -0.0720. The fraction of sp³-hybridized carbons (Fsp3) is 0.500. The molecule has 1 amide bonds. The topological polar surface area (TPSA) is 76.9 Å². The van der Waals surface area contributed by atoms with Gasteiger partial charge in [0.15, 0.2) is 10.9 Å². The van der Waals surface area contributed by atoms with Gasteiger partial charge in [0.1, 0.15) is 5.82 Å². The molecule has 128 valence electrons. The Kier molecular flexibility index (Phi) is 5.35. The molecule has 0 saturated heterocycles. The van der Waals surface area contributed by atoms with Gasteiger partial charge in [-0.15, -0.1) is 21.5 Å². The first kappa shape index (κ1) is 17.2. The summed E-state index contributed by atoms with van der Waals surface area (Å²) in [6, 6.07) is 3.71. The first-order valence-corrected chi connectivity index (χ1v) is 9.81. The number of ketones is 1. The van der Waals surface area contributed by atoms with E-state index in [2.05, 4.69) is 27.0 Å². The van der Waals surface area contributed by atoms with Crippen LogP contribution in [-0.4, -0.2) is 32.2 Å². The van der Waals surface area contributed by atoms with E-state index in [-0.39, 0.29) is 11.7 Å².